The van der Waals surface area contributed by atoms with Crippen LogP contribution in [0.1, 0.15) is 12.0 Å². The molecule has 0 aliphatic carbocycles. The molecule has 8 nitrogen and oxygen atoms in total. The third kappa shape index (κ3) is 6.82. The lowest BCUT2D eigenvalue weighted by Crippen LogP contribution is -2.23. The number of aromatic nitrogens is 2. The lowest BCUT2D eigenvalue weighted by molar-refractivity contribution is 0.147. The molecule has 0 fully saturated rings. The molecule has 9 heteroatoms. The lowest BCUT2D eigenvalue weighted by Gasteiger charge is -2.19. The first-order valence-corrected chi connectivity index (χ1v) is 8.93. The van der Waals surface area contributed by atoms with Crippen LogP contribution in [0.25, 0.3) is 0 Å². The predicted octanol–water partition coefficient (Wildman–Crippen LogP) is 2.52. The molecular weight excluding hydrogens is 370 g/mol. The van der Waals surface area contributed by atoms with Gasteiger partial charge in [0.15, 0.2) is 16.7 Å². The number of nitrogens with zero attached hydrogens (tertiary/aromatic N) is 3. The molecule has 0 spiro atoms. The zero-order valence-electron chi connectivity index (χ0n) is 15.4. The standard InChI is InChI=1S/C18H24ClN5O3/c1-21-18(25)27-10-3-9-24(2)14-6-4-13(5-7-14)8-11-26-15-12-16(19)22-23-17(15)20/h4-7,12H,3,8-11H2,1-2H3,(H2,20,23)(H,21,25). The zero-order valence-corrected chi connectivity index (χ0v) is 16.2. The monoisotopic (exact) mass is 393 g/mol. The Hall–Kier alpha value is -2.74. The van der Waals surface area contributed by atoms with E-state index in [9.17, 15) is 4.79 Å². The molecule has 0 atom stereocenters. The number of nitrogens with one attached hydrogen (secondary N) is 1. The van der Waals surface area contributed by atoms with Crippen LogP contribution in [0.3, 0.4) is 0 Å². The van der Waals surface area contributed by atoms with Gasteiger partial charge in [0.2, 0.25) is 0 Å². The second-order valence-electron chi connectivity index (χ2n) is 5.84. The molecule has 1 aromatic heterocycles. The molecule has 0 bridgehead atoms. The van der Waals surface area contributed by atoms with Crippen molar-refractivity contribution in [1.82, 2.24) is 15.5 Å². The van der Waals surface area contributed by atoms with Crippen LogP contribution in [0.4, 0.5) is 16.3 Å². The van der Waals surface area contributed by atoms with Crippen LogP contribution in [0, 0.1) is 0 Å². The van der Waals surface area contributed by atoms with Gasteiger partial charge in [0.05, 0.1) is 13.2 Å². The third-order valence-electron chi connectivity index (χ3n) is 3.86. The minimum Gasteiger partial charge on any atom is -0.489 e. The smallest absolute Gasteiger partial charge is 0.406 e. The summed E-state index contributed by atoms with van der Waals surface area (Å²) in [6, 6.07) is 9.76. The quantitative estimate of drug-likeness (QED) is 0.631. The largest absolute Gasteiger partial charge is 0.489 e. The normalized spacial score (nSPS) is 10.3. The van der Waals surface area contributed by atoms with Crippen molar-refractivity contribution in [3.05, 3.63) is 41.0 Å². The van der Waals surface area contributed by atoms with Gasteiger partial charge in [-0.3, -0.25) is 0 Å². The molecule has 0 saturated heterocycles. The Morgan fingerprint density at radius 2 is 2.00 bits per heavy atom. The fraction of sp³-hybridized carbons (Fsp3) is 0.389. The molecule has 146 valence electrons. The summed E-state index contributed by atoms with van der Waals surface area (Å²) in [6.45, 7) is 1.63. The maximum absolute atomic E-state index is 11.0. The summed E-state index contributed by atoms with van der Waals surface area (Å²) >= 11 is 5.79. The van der Waals surface area contributed by atoms with Gasteiger partial charge in [0.25, 0.3) is 0 Å². The molecule has 2 rings (SSSR count). The zero-order chi connectivity index (χ0) is 19.6. The van der Waals surface area contributed by atoms with Gasteiger partial charge in [-0.1, -0.05) is 23.7 Å². The Labute approximate surface area is 163 Å². The highest BCUT2D eigenvalue weighted by atomic mass is 35.5. The number of amides is 1. The van der Waals surface area contributed by atoms with Crippen molar-refractivity contribution in [2.45, 2.75) is 12.8 Å². The average Bonchev–Trinajstić information content (AvgIpc) is 2.68. The van der Waals surface area contributed by atoms with E-state index in [1.54, 1.807) is 13.1 Å². The van der Waals surface area contributed by atoms with E-state index in [1.807, 2.05) is 19.2 Å². The van der Waals surface area contributed by atoms with Gasteiger partial charge in [0, 0.05) is 38.8 Å². The van der Waals surface area contributed by atoms with Gasteiger partial charge in [-0.2, -0.15) is 0 Å². The highest BCUT2D eigenvalue weighted by Gasteiger charge is 2.06. The molecule has 0 aliphatic rings. The Kier molecular flexibility index (Phi) is 7.94. The third-order valence-corrected chi connectivity index (χ3v) is 4.04. The molecule has 3 N–H and O–H groups in total. The number of ether oxygens (including phenoxy) is 2. The molecule has 1 amide bonds. The van der Waals surface area contributed by atoms with E-state index in [0.717, 1.165) is 30.6 Å². The summed E-state index contributed by atoms with van der Waals surface area (Å²) in [4.78, 5) is 13.1. The Morgan fingerprint density at radius 1 is 1.26 bits per heavy atom. The van der Waals surface area contributed by atoms with Gasteiger partial charge in [-0.05, 0) is 24.1 Å². The van der Waals surface area contributed by atoms with Crippen LogP contribution in [-0.2, 0) is 11.2 Å². The molecule has 0 aliphatic heterocycles. The topological polar surface area (TPSA) is 103 Å². The highest BCUT2D eigenvalue weighted by molar-refractivity contribution is 6.29. The van der Waals surface area contributed by atoms with E-state index in [1.165, 1.54) is 0 Å². The minimum atomic E-state index is -0.407. The minimum absolute atomic E-state index is 0.219. The fourth-order valence-corrected chi connectivity index (χ4v) is 2.48. The summed E-state index contributed by atoms with van der Waals surface area (Å²) in [5, 5.41) is 10.0. The molecule has 2 aromatic rings. The van der Waals surface area contributed by atoms with Crippen LogP contribution in [0.5, 0.6) is 5.75 Å². The van der Waals surface area contributed by atoms with Crippen LogP contribution >= 0.6 is 11.6 Å². The molecule has 0 unspecified atom stereocenters. The van der Waals surface area contributed by atoms with Gasteiger partial charge in [-0.15, -0.1) is 10.2 Å². The second-order valence-corrected chi connectivity index (χ2v) is 6.23. The van der Waals surface area contributed by atoms with Gasteiger partial charge in [0.1, 0.15) is 0 Å². The molecule has 0 saturated carbocycles. The number of anilines is 2. The van der Waals surface area contributed by atoms with Gasteiger partial charge >= 0.3 is 6.09 Å². The summed E-state index contributed by atoms with van der Waals surface area (Å²) in [5.74, 6) is 0.655. The van der Waals surface area contributed by atoms with Crippen molar-refractivity contribution in [2.24, 2.45) is 0 Å². The van der Waals surface area contributed by atoms with E-state index in [-0.39, 0.29) is 11.0 Å². The number of benzene rings is 1. The Balaban J connectivity index is 1.75. The first-order valence-electron chi connectivity index (χ1n) is 8.55. The summed E-state index contributed by atoms with van der Waals surface area (Å²) in [5.41, 5.74) is 7.93. The number of rotatable bonds is 9. The average molecular weight is 394 g/mol. The Morgan fingerprint density at radius 3 is 2.70 bits per heavy atom. The number of carbonyl (C=O) groups is 1. The predicted molar refractivity (Wildman–Crippen MR) is 105 cm³/mol. The first-order chi connectivity index (χ1) is 13.0. The van der Waals surface area contributed by atoms with Crippen molar-refractivity contribution in [3.8, 4) is 5.75 Å². The van der Waals surface area contributed by atoms with Gasteiger partial charge < -0.3 is 25.4 Å². The number of carbonyl (C=O) groups excluding carboxylic acids is 1. The SMILES string of the molecule is CNC(=O)OCCCN(C)c1ccc(CCOc2cc(Cl)nnc2N)cc1. The van der Waals surface area contributed by atoms with E-state index < -0.39 is 6.09 Å². The fourth-order valence-electron chi connectivity index (χ4n) is 2.34. The number of nitrogen functional groups attached to an aromatic ring is 1. The van der Waals surface area contributed by atoms with Crippen LogP contribution in [0.2, 0.25) is 5.15 Å². The number of halogens is 1. The van der Waals surface area contributed by atoms with E-state index in [0.29, 0.717) is 19.0 Å². The van der Waals surface area contributed by atoms with Gasteiger partial charge in [-0.25, -0.2) is 4.79 Å². The van der Waals surface area contributed by atoms with Crippen molar-refractivity contribution in [2.75, 3.05) is 44.5 Å². The first kappa shape index (κ1) is 20.6. The number of hydrogen-bond acceptors (Lipinski definition) is 7. The molecule has 0 radical (unpaired) electrons. The highest BCUT2D eigenvalue weighted by Crippen LogP contribution is 2.21. The maximum Gasteiger partial charge on any atom is 0.406 e. The van der Waals surface area contributed by atoms with Crippen LogP contribution in [-0.4, -0.2) is 50.1 Å². The van der Waals surface area contributed by atoms with Crippen LogP contribution < -0.4 is 20.7 Å². The molecule has 1 heterocycles. The number of alkyl carbamates (subject to hydrolysis) is 1. The van der Waals surface area contributed by atoms with E-state index in [2.05, 4.69) is 32.5 Å². The number of nitrogens with two attached hydrogens (primary N) is 1. The second kappa shape index (κ2) is 10.4. The molecule has 27 heavy (non-hydrogen) atoms. The number of hydrogen-bond donors (Lipinski definition) is 2. The maximum atomic E-state index is 11.0. The summed E-state index contributed by atoms with van der Waals surface area (Å²) < 4.78 is 10.6. The summed E-state index contributed by atoms with van der Waals surface area (Å²) in [7, 11) is 3.54. The lowest BCUT2D eigenvalue weighted by atomic mass is 10.1. The summed E-state index contributed by atoms with van der Waals surface area (Å²) in [6.07, 6.45) is 1.07. The van der Waals surface area contributed by atoms with Crippen LogP contribution in [0.15, 0.2) is 30.3 Å². The van der Waals surface area contributed by atoms with Crippen molar-refractivity contribution in [1.29, 1.82) is 0 Å². The van der Waals surface area contributed by atoms with Crippen molar-refractivity contribution in [3.63, 3.8) is 0 Å². The van der Waals surface area contributed by atoms with E-state index in [4.69, 9.17) is 26.8 Å². The van der Waals surface area contributed by atoms with Crippen molar-refractivity contribution < 1.29 is 14.3 Å². The van der Waals surface area contributed by atoms with E-state index >= 15 is 0 Å². The Bertz CT molecular complexity index is 742. The molecular formula is C18H24ClN5O3. The molecule has 1 aromatic carbocycles. The van der Waals surface area contributed by atoms with Crippen molar-refractivity contribution >= 4 is 29.2 Å².